The van der Waals surface area contributed by atoms with Crippen LogP contribution in [0.5, 0.6) is 0 Å². The van der Waals surface area contributed by atoms with Crippen molar-refractivity contribution < 1.29 is 22.9 Å². The molecule has 0 aliphatic carbocycles. The summed E-state index contributed by atoms with van der Waals surface area (Å²) in [5, 5.41) is 24.9. The fourth-order valence-electron chi connectivity index (χ4n) is 2.85. The van der Waals surface area contributed by atoms with Crippen molar-refractivity contribution in [2.24, 2.45) is 0 Å². The highest BCUT2D eigenvalue weighted by molar-refractivity contribution is 7.99. The molecule has 9 nitrogen and oxygen atoms in total. The van der Waals surface area contributed by atoms with E-state index in [9.17, 15) is 28.1 Å². The van der Waals surface area contributed by atoms with Crippen LogP contribution in [0.1, 0.15) is 18.3 Å². The number of anilines is 2. The molecule has 174 valence electrons. The summed E-state index contributed by atoms with van der Waals surface area (Å²) in [6, 6.07) is 10.3. The van der Waals surface area contributed by atoms with Crippen molar-refractivity contribution in [2.45, 2.75) is 31.3 Å². The highest BCUT2D eigenvalue weighted by Gasteiger charge is 2.30. The highest BCUT2D eigenvalue weighted by atomic mass is 32.2. The smallest absolute Gasteiger partial charge is 0.378 e. The second-order valence-electron chi connectivity index (χ2n) is 6.72. The largest absolute Gasteiger partial charge is 0.416 e. The van der Waals surface area contributed by atoms with E-state index in [1.165, 1.54) is 36.4 Å². The number of amides is 1. The minimum Gasteiger partial charge on any atom is -0.378 e. The lowest BCUT2D eigenvalue weighted by atomic mass is 10.2. The van der Waals surface area contributed by atoms with E-state index >= 15 is 0 Å². The van der Waals surface area contributed by atoms with Crippen molar-refractivity contribution in [3.8, 4) is 0 Å². The number of nitrogens with one attached hydrogen (secondary N) is 2. The number of alkyl halides is 3. The number of non-ortho nitro benzene ring substituents is 1. The Bertz CT molecular complexity index is 1130. The Morgan fingerprint density at radius 2 is 1.88 bits per heavy atom. The van der Waals surface area contributed by atoms with E-state index in [1.807, 2.05) is 6.92 Å². The number of carbonyl (C=O) groups is 1. The van der Waals surface area contributed by atoms with Crippen LogP contribution in [0.2, 0.25) is 0 Å². The minimum atomic E-state index is -4.43. The van der Waals surface area contributed by atoms with Gasteiger partial charge in [0.25, 0.3) is 5.69 Å². The predicted octanol–water partition coefficient (Wildman–Crippen LogP) is 4.57. The highest BCUT2D eigenvalue weighted by Crippen LogP contribution is 2.30. The molecular weight excluding hydrogens is 461 g/mol. The lowest BCUT2D eigenvalue weighted by Gasteiger charge is -2.11. The zero-order valence-corrected chi connectivity index (χ0v) is 18.1. The molecule has 33 heavy (non-hydrogen) atoms. The first-order chi connectivity index (χ1) is 15.7. The number of hydrogen-bond acceptors (Lipinski definition) is 7. The van der Waals surface area contributed by atoms with E-state index in [0.717, 1.165) is 23.9 Å². The Balaban J connectivity index is 1.58. The van der Waals surface area contributed by atoms with E-state index in [1.54, 1.807) is 4.57 Å². The van der Waals surface area contributed by atoms with Crippen molar-refractivity contribution in [1.29, 1.82) is 0 Å². The molecule has 1 amide bonds. The van der Waals surface area contributed by atoms with Gasteiger partial charge in [-0.25, -0.2) is 0 Å². The summed E-state index contributed by atoms with van der Waals surface area (Å²) < 4.78 is 40.4. The number of nitro benzene ring substituents is 1. The summed E-state index contributed by atoms with van der Waals surface area (Å²) in [4.78, 5) is 22.4. The van der Waals surface area contributed by atoms with Crippen LogP contribution < -0.4 is 10.6 Å². The molecule has 0 radical (unpaired) electrons. The molecule has 2 aromatic carbocycles. The number of benzene rings is 2. The number of hydrogen-bond donors (Lipinski definition) is 2. The van der Waals surface area contributed by atoms with Gasteiger partial charge in [-0.3, -0.25) is 14.9 Å². The van der Waals surface area contributed by atoms with E-state index in [-0.39, 0.29) is 23.9 Å². The molecule has 0 bridgehead atoms. The van der Waals surface area contributed by atoms with Crippen molar-refractivity contribution in [3.63, 3.8) is 0 Å². The van der Waals surface area contributed by atoms with Gasteiger partial charge in [0.05, 0.1) is 22.8 Å². The van der Waals surface area contributed by atoms with E-state index in [2.05, 4.69) is 20.8 Å². The van der Waals surface area contributed by atoms with Crippen LogP contribution in [0.3, 0.4) is 0 Å². The summed E-state index contributed by atoms with van der Waals surface area (Å²) in [6.07, 6.45) is -4.43. The Morgan fingerprint density at radius 1 is 1.15 bits per heavy atom. The fourth-order valence-corrected chi connectivity index (χ4v) is 3.68. The number of rotatable bonds is 9. The molecule has 2 N–H and O–H groups in total. The van der Waals surface area contributed by atoms with Crippen LogP contribution in [0.25, 0.3) is 0 Å². The Hall–Kier alpha value is -3.61. The van der Waals surface area contributed by atoms with Crippen LogP contribution in [0.15, 0.2) is 53.7 Å². The van der Waals surface area contributed by atoms with Crippen molar-refractivity contribution in [2.75, 3.05) is 16.4 Å². The summed E-state index contributed by atoms with van der Waals surface area (Å²) in [7, 11) is 0. The number of thioether (sulfide) groups is 1. The summed E-state index contributed by atoms with van der Waals surface area (Å²) in [5.74, 6) is 0.201. The van der Waals surface area contributed by atoms with Crippen LogP contribution in [-0.4, -0.2) is 31.3 Å². The minimum absolute atomic E-state index is 0.0240. The second-order valence-corrected chi connectivity index (χ2v) is 7.66. The molecule has 0 saturated carbocycles. The molecule has 0 aliphatic rings. The maximum Gasteiger partial charge on any atom is 0.416 e. The summed E-state index contributed by atoms with van der Waals surface area (Å²) >= 11 is 1.15. The maximum absolute atomic E-state index is 12.9. The Kier molecular flexibility index (Phi) is 7.53. The normalized spacial score (nSPS) is 11.3. The third kappa shape index (κ3) is 6.44. The number of carbonyl (C=O) groups excluding carboxylic acids is 1. The topological polar surface area (TPSA) is 115 Å². The van der Waals surface area contributed by atoms with Crippen LogP contribution in [0.4, 0.5) is 30.2 Å². The molecule has 0 atom stereocenters. The standard InChI is InChI=1S/C20H19F3N6O3S/c1-2-28-17(11-24-15-5-3-4-13(10-15)20(21,22)23)26-27-19(28)33-12-18(30)25-14-6-8-16(9-7-14)29(31)32/h3-10,24H,2,11-12H2,1H3,(H,25,30). The molecule has 0 fully saturated rings. The molecule has 1 aromatic heterocycles. The first-order valence-corrected chi connectivity index (χ1v) is 10.7. The molecule has 0 aliphatic heterocycles. The summed E-state index contributed by atoms with van der Waals surface area (Å²) in [5.41, 5.74) is -0.106. The van der Waals surface area contributed by atoms with Crippen molar-refractivity contribution >= 4 is 34.7 Å². The van der Waals surface area contributed by atoms with E-state index in [0.29, 0.717) is 28.9 Å². The Morgan fingerprint density at radius 3 is 2.52 bits per heavy atom. The lowest BCUT2D eigenvalue weighted by Crippen LogP contribution is -2.15. The molecule has 3 rings (SSSR count). The van der Waals surface area contributed by atoms with Gasteiger partial charge in [-0.1, -0.05) is 17.8 Å². The Labute approximate surface area is 190 Å². The van der Waals surface area contributed by atoms with Gasteiger partial charge in [0, 0.05) is 30.1 Å². The molecule has 3 aromatic rings. The quantitative estimate of drug-likeness (QED) is 0.262. The number of nitrogens with zero attached hydrogens (tertiary/aromatic N) is 4. The SMILES string of the molecule is CCn1c(CNc2cccc(C(F)(F)F)c2)nnc1SCC(=O)Nc1ccc([N+](=O)[O-])cc1. The monoisotopic (exact) mass is 480 g/mol. The first kappa shape index (κ1) is 24.0. The lowest BCUT2D eigenvalue weighted by molar-refractivity contribution is -0.384. The molecule has 0 spiro atoms. The number of aromatic nitrogens is 3. The van der Waals surface area contributed by atoms with Gasteiger partial charge in [-0.2, -0.15) is 13.2 Å². The second kappa shape index (κ2) is 10.3. The van der Waals surface area contributed by atoms with Crippen LogP contribution >= 0.6 is 11.8 Å². The fraction of sp³-hybridized carbons (Fsp3) is 0.250. The van der Waals surface area contributed by atoms with Crippen molar-refractivity contribution in [1.82, 2.24) is 14.8 Å². The first-order valence-electron chi connectivity index (χ1n) is 9.67. The van der Waals surface area contributed by atoms with Crippen LogP contribution in [0, 0.1) is 10.1 Å². The maximum atomic E-state index is 12.9. The zero-order chi connectivity index (χ0) is 24.0. The zero-order valence-electron chi connectivity index (χ0n) is 17.3. The van der Waals surface area contributed by atoms with Gasteiger partial charge in [0.1, 0.15) is 0 Å². The third-order valence-corrected chi connectivity index (χ3v) is 5.41. The van der Waals surface area contributed by atoms with E-state index < -0.39 is 16.7 Å². The molecule has 0 unspecified atom stereocenters. The van der Waals surface area contributed by atoms with Gasteiger partial charge in [-0.15, -0.1) is 10.2 Å². The van der Waals surface area contributed by atoms with Crippen LogP contribution in [-0.2, 0) is 24.1 Å². The number of halogens is 3. The van der Waals surface area contributed by atoms with Crippen molar-refractivity contribution in [3.05, 3.63) is 70.0 Å². The van der Waals surface area contributed by atoms with Gasteiger partial charge >= 0.3 is 6.18 Å². The molecule has 1 heterocycles. The average Bonchev–Trinajstić information content (AvgIpc) is 3.18. The average molecular weight is 480 g/mol. The van der Waals surface area contributed by atoms with E-state index in [4.69, 9.17) is 0 Å². The van der Waals surface area contributed by atoms with Gasteiger partial charge < -0.3 is 15.2 Å². The molecular formula is C20H19F3N6O3S. The van der Waals surface area contributed by atoms with Gasteiger partial charge in [0.2, 0.25) is 5.91 Å². The third-order valence-electron chi connectivity index (χ3n) is 4.44. The predicted molar refractivity (Wildman–Crippen MR) is 117 cm³/mol. The molecule has 0 saturated heterocycles. The van der Waals surface area contributed by atoms with Gasteiger partial charge in [-0.05, 0) is 37.3 Å². The van der Waals surface area contributed by atoms with Gasteiger partial charge in [0.15, 0.2) is 11.0 Å². The molecule has 13 heteroatoms. The summed E-state index contributed by atoms with van der Waals surface area (Å²) in [6.45, 7) is 2.51. The number of nitro groups is 1.